The molecule has 0 radical (unpaired) electrons. The first-order chi connectivity index (χ1) is 14.9. The number of halogens is 1. The second-order valence-corrected chi connectivity index (χ2v) is 10.4. The number of amides is 2. The van der Waals surface area contributed by atoms with Crippen LogP contribution in [0.25, 0.3) is 0 Å². The molecule has 14 heteroatoms. The summed E-state index contributed by atoms with van der Waals surface area (Å²) in [7, 11) is -4.05. The summed E-state index contributed by atoms with van der Waals surface area (Å²) in [6.45, 7) is 1.44. The minimum absolute atomic E-state index is 0.00885. The fourth-order valence-corrected chi connectivity index (χ4v) is 6.09. The maximum absolute atomic E-state index is 12.7. The predicted molar refractivity (Wildman–Crippen MR) is 113 cm³/mol. The number of phenolic OH excluding ortho intramolecular Hbond substituents is 2. The highest BCUT2D eigenvalue weighted by atomic mass is 35.5. The van der Waals surface area contributed by atoms with Crippen LogP contribution in [-0.2, 0) is 24.2 Å². The molecule has 1 aromatic rings. The number of hydrogen-bond acceptors (Lipinski definition) is 9. The molecule has 3 rings (SSSR count). The Morgan fingerprint density at radius 3 is 2.69 bits per heavy atom. The smallest absolute Gasteiger partial charge is 0.328 e. The first-order valence-corrected chi connectivity index (χ1v) is 11.4. The van der Waals surface area contributed by atoms with E-state index in [1.165, 1.54) is 12.1 Å². The van der Waals surface area contributed by atoms with Crippen molar-refractivity contribution in [3.8, 4) is 11.5 Å². The van der Waals surface area contributed by atoms with Crippen molar-refractivity contribution in [2.24, 2.45) is 5.10 Å². The number of aromatic hydroxyl groups is 2. The maximum atomic E-state index is 12.7. The van der Waals surface area contributed by atoms with Crippen LogP contribution in [-0.4, -0.2) is 75.3 Å². The zero-order valence-electron chi connectivity index (χ0n) is 16.8. The number of carbonyl (C=O) groups excluding carboxylic acids is 2. The van der Waals surface area contributed by atoms with E-state index in [2.05, 4.69) is 15.8 Å². The lowest BCUT2D eigenvalue weighted by Crippen LogP contribution is -2.57. The Morgan fingerprint density at radius 2 is 2.06 bits per heavy atom. The number of carbonyl (C=O) groups is 3. The molecule has 0 aromatic heterocycles. The molecule has 2 saturated heterocycles. The van der Waals surface area contributed by atoms with Crippen molar-refractivity contribution in [1.82, 2.24) is 10.3 Å². The summed E-state index contributed by atoms with van der Waals surface area (Å²) in [5, 5.41) is 33.7. The van der Waals surface area contributed by atoms with Gasteiger partial charge in [-0.3, -0.25) is 9.59 Å². The third kappa shape index (κ3) is 3.81. The van der Waals surface area contributed by atoms with Crippen LogP contribution in [0.5, 0.6) is 11.5 Å². The van der Waals surface area contributed by atoms with Crippen molar-refractivity contribution >= 4 is 51.1 Å². The van der Waals surface area contributed by atoms with Gasteiger partial charge in [-0.25, -0.2) is 18.6 Å². The topological polar surface area (TPSA) is 186 Å². The van der Waals surface area contributed by atoms with Crippen LogP contribution < -0.4 is 10.7 Å². The molecule has 5 N–H and O–H groups in total. The highest BCUT2D eigenvalue weighted by Gasteiger charge is 2.69. The Hall–Kier alpha value is -3.06. The SMILES string of the molecule is C[C@]1(/C=N/NC(=O)CCCNc2ccc(O)c(O)c2Cl)[C@H](C(=O)O)N2C(=O)C[C@H]2S1(=O)=O. The summed E-state index contributed by atoms with van der Waals surface area (Å²) in [5.41, 5.74) is 2.52. The summed E-state index contributed by atoms with van der Waals surface area (Å²) < 4.78 is 23.4. The van der Waals surface area contributed by atoms with Gasteiger partial charge in [-0.1, -0.05) is 11.6 Å². The fourth-order valence-electron chi connectivity index (χ4n) is 3.66. The number of anilines is 1. The van der Waals surface area contributed by atoms with E-state index in [4.69, 9.17) is 11.6 Å². The Morgan fingerprint density at radius 1 is 1.38 bits per heavy atom. The van der Waals surface area contributed by atoms with E-state index in [-0.39, 0.29) is 30.2 Å². The van der Waals surface area contributed by atoms with Crippen LogP contribution in [0.3, 0.4) is 0 Å². The number of sulfone groups is 1. The van der Waals surface area contributed by atoms with E-state index >= 15 is 0 Å². The number of fused-ring (bicyclic) bond motifs is 1. The van der Waals surface area contributed by atoms with Gasteiger partial charge in [-0.15, -0.1) is 0 Å². The van der Waals surface area contributed by atoms with Gasteiger partial charge in [0.25, 0.3) is 0 Å². The van der Waals surface area contributed by atoms with Crippen LogP contribution in [0.2, 0.25) is 5.02 Å². The summed E-state index contributed by atoms with van der Waals surface area (Å²) in [6.07, 6.45) is 0.877. The Balaban J connectivity index is 1.55. The van der Waals surface area contributed by atoms with Gasteiger partial charge in [-0.05, 0) is 25.5 Å². The van der Waals surface area contributed by atoms with Crippen molar-refractivity contribution in [3.05, 3.63) is 17.2 Å². The lowest BCUT2D eigenvalue weighted by molar-refractivity contribution is -0.156. The first-order valence-electron chi connectivity index (χ1n) is 9.46. The number of rotatable bonds is 8. The number of carboxylic acids is 1. The third-order valence-corrected chi connectivity index (χ3v) is 8.52. The largest absolute Gasteiger partial charge is 0.504 e. The van der Waals surface area contributed by atoms with E-state index in [1.807, 2.05) is 0 Å². The van der Waals surface area contributed by atoms with E-state index < -0.39 is 49.5 Å². The second kappa shape index (κ2) is 8.47. The van der Waals surface area contributed by atoms with Crippen molar-refractivity contribution < 1.29 is 38.1 Å². The lowest BCUT2D eigenvalue weighted by atomic mass is 9.97. The molecule has 0 aliphatic carbocycles. The van der Waals surface area contributed by atoms with Crippen molar-refractivity contribution in [2.75, 3.05) is 11.9 Å². The number of phenols is 2. The van der Waals surface area contributed by atoms with Crippen molar-refractivity contribution in [1.29, 1.82) is 0 Å². The van der Waals surface area contributed by atoms with Gasteiger partial charge >= 0.3 is 5.97 Å². The fraction of sp³-hybridized carbons (Fsp3) is 0.444. The molecule has 2 heterocycles. The number of benzene rings is 1. The number of hydrazone groups is 1. The first kappa shape index (κ1) is 23.6. The predicted octanol–water partition coefficient (Wildman–Crippen LogP) is 0.244. The average molecular weight is 489 g/mol. The molecule has 2 aliphatic rings. The molecule has 2 aliphatic heterocycles. The van der Waals surface area contributed by atoms with E-state index in [0.717, 1.165) is 18.0 Å². The highest BCUT2D eigenvalue weighted by Crippen LogP contribution is 2.45. The second-order valence-electron chi connectivity index (χ2n) is 7.55. The molecule has 174 valence electrons. The van der Waals surface area contributed by atoms with Crippen molar-refractivity contribution in [2.45, 2.75) is 42.3 Å². The molecule has 0 unspecified atom stereocenters. The summed E-state index contributed by atoms with van der Waals surface area (Å²) in [4.78, 5) is 36.2. The van der Waals surface area contributed by atoms with Crippen LogP contribution in [0, 0.1) is 0 Å². The summed E-state index contributed by atoms with van der Waals surface area (Å²) in [6, 6.07) is 1.08. The number of hydrogen-bond donors (Lipinski definition) is 5. The van der Waals surface area contributed by atoms with Gasteiger partial charge < -0.3 is 25.5 Å². The number of aliphatic carboxylic acids is 1. The Kier molecular flexibility index (Phi) is 6.24. The number of carboxylic acid groups (broad SMARTS) is 1. The zero-order chi connectivity index (χ0) is 23.8. The van der Waals surface area contributed by atoms with Gasteiger partial charge in [0, 0.05) is 19.2 Å². The van der Waals surface area contributed by atoms with Gasteiger partial charge in [0.1, 0.15) is 15.1 Å². The molecule has 0 bridgehead atoms. The van der Waals surface area contributed by atoms with E-state index in [9.17, 15) is 38.1 Å². The maximum Gasteiger partial charge on any atom is 0.328 e. The quantitative estimate of drug-likeness (QED) is 0.0853. The van der Waals surface area contributed by atoms with Gasteiger partial charge in [0.2, 0.25) is 11.8 Å². The van der Waals surface area contributed by atoms with Crippen LogP contribution >= 0.6 is 11.6 Å². The Labute approximate surface area is 187 Å². The molecule has 12 nitrogen and oxygen atoms in total. The van der Waals surface area contributed by atoms with Gasteiger partial charge in [0.15, 0.2) is 27.4 Å². The normalized spacial score (nSPS) is 25.9. The van der Waals surface area contributed by atoms with Crippen LogP contribution in [0.15, 0.2) is 17.2 Å². The minimum atomic E-state index is -4.05. The van der Waals surface area contributed by atoms with Gasteiger partial charge in [-0.2, -0.15) is 5.10 Å². The summed E-state index contributed by atoms with van der Waals surface area (Å²) in [5.74, 6) is -3.43. The molecule has 3 atom stereocenters. The molecule has 1 aromatic carbocycles. The Bertz CT molecular complexity index is 1110. The zero-order valence-corrected chi connectivity index (χ0v) is 18.4. The molecule has 2 fully saturated rings. The van der Waals surface area contributed by atoms with E-state index in [0.29, 0.717) is 12.1 Å². The van der Waals surface area contributed by atoms with Crippen molar-refractivity contribution in [3.63, 3.8) is 0 Å². The molecular weight excluding hydrogens is 468 g/mol. The average Bonchev–Trinajstić information content (AvgIpc) is 2.85. The van der Waals surface area contributed by atoms with Gasteiger partial charge in [0.05, 0.1) is 12.1 Å². The number of nitrogens with one attached hydrogen (secondary N) is 2. The molecular formula is C18H21ClN4O8S. The molecule has 2 amide bonds. The molecule has 0 saturated carbocycles. The standard InChI is InChI=1S/C18H21ClN4O8S/c1-18(16(17(28)29)23-12(26)7-13(23)32(18,30)31)8-21-22-11(25)3-2-6-20-9-4-5-10(24)15(27)14(9)19/h4-5,8,13,16,20,24,27H,2-3,6-7H2,1H3,(H,22,25)(H,28,29)/b21-8+/t13-,16+,18+/m1/s1. The van der Waals surface area contributed by atoms with E-state index in [1.54, 1.807) is 0 Å². The minimum Gasteiger partial charge on any atom is -0.504 e. The number of nitrogens with zero attached hydrogens (tertiary/aromatic N) is 2. The lowest BCUT2D eigenvalue weighted by Gasteiger charge is -2.35. The summed E-state index contributed by atoms with van der Waals surface area (Å²) >= 11 is 5.89. The van der Waals surface area contributed by atoms with Crippen LogP contribution in [0.4, 0.5) is 5.69 Å². The molecule has 0 spiro atoms. The monoisotopic (exact) mass is 488 g/mol. The highest BCUT2D eigenvalue weighted by molar-refractivity contribution is 7.94. The number of β-lactam (4-membered cyclic amide) rings is 1. The third-order valence-electron chi connectivity index (χ3n) is 5.47. The molecule has 32 heavy (non-hydrogen) atoms. The van der Waals surface area contributed by atoms with Crippen LogP contribution in [0.1, 0.15) is 26.2 Å².